The van der Waals surface area contributed by atoms with Gasteiger partial charge in [-0.1, -0.05) is 11.2 Å². The number of hydrogen-bond acceptors (Lipinski definition) is 7. The van der Waals surface area contributed by atoms with Gasteiger partial charge in [0, 0.05) is 31.3 Å². The number of ether oxygens (including phenoxy) is 1. The van der Waals surface area contributed by atoms with E-state index in [1.807, 2.05) is 37.4 Å². The van der Waals surface area contributed by atoms with Crippen LogP contribution in [0.3, 0.4) is 0 Å². The molecule has 0 aliphatic carbocycles. The average Bonchev–Trinajstić information content (AvgIpc) is 3.09. The van der Waals surface area contributed by atoms with Crippen molar-refractivity contribution in [3.8, 4) is 11.4 Å². The van der Waals surface area contributed by atoms with Crippen LogP contribution in [0.1, 0.15) is 17.6 Å². The summed E-state index contributed by atoms with van der Waals surface area (Å²) in [5, 5.41) is 4.03. The standard InChI is InChI=1S/C17H19N5O2/c1-22(15(12-23-2)14-5-3-4-8-19-14)11-16-20-17(21-24-16)13-6-9-18-10-7-13/h3-10,15H,11-12H2,1-2H3/t15-/m1/s1. The molecule has 3 heterocycles. The highest BCUT2D eigenvalue weighted by atomic mass is 16.5. The van der Waals surface area contributed by atoms with Gasteiger partial charge in [0.25, 0.3) is 0 Å². The number of nitrogens with zero attached hydrogens (tertiary/aromatic N) is 5. The first-order valence-corrected chi connectivity index (χ1v) is 7.61. The van der Waals surface area contributed by atoms with E-state index in [1.165, 1.54) is 0 Å². The molecule has 0 fully saturated rings. The summed E-state index contributed by atoms with van der Waals surface area (Å²) >= 11 is 0. The smallest absolute Gasteiger partial charge is 0.241 e. The summed E-state index contributed by atoms with van der Waals surface area (Å²) in [5.41, 5.74) is 1.82. The third-order valence-corrected chi connectivity index (χ3v) is 3.68. The van der Waals surface area contributed by atoms with Crippen molar-refractivity contribution in [2.75, 3.05) is 20.8 Å². The van der Waals surface area contributed by atoms with Crippen molar-refractivity contribution in [2.24, 2.45) is 0 Å². The summed E-state index contributed by atoms with van der Waals surface area (Å²) in [6, 6.07) is 9.54. The lowest BCUT2D eigenvalue weighted by Gasteiger charge is -2.25. The van der Waals surface area contributed by atoms with Crippen LogP contribution < -0.4 is 0 Å². The second-order valence-electron chi connectivity index (χ2n) is 5.39. The van der Waals surface area contributed by atoms with E-state index in [2.05, 4.69) is 25.0 Å². The van der Waals surface area contributed by atoms with Crippen LogP contribution in [0.4, 0.5) is 0 Å². The van der Waals surface area contributed by atoms with Gasteiger partial charge >= 0.3 is 0 Å². The Bertz CT molecular complexity index is 748. The summed E-state index contributed by atoms with van der Waals surface area (Å²) in [5.74, 6) is 1.10. The molecule has 0 aliphatic rings. The summed E-state index contributed by atoms with van der Waals surface area (Å²) in [4.78, 5) is 14.9. The molecule has 7 heteroatoms. The first-order valence-electron chi connectivity index (χ1n) is 7.61. The summed E-state index contributed by atoms with van der Waals surface area (Å²) < 4.78 is 10.7. The van der Waals surface area contributed by atoms with Crippen molar-refractivity contribution in [3.05, 3.63) is 60.5 Å². The first-order chi connectivity index (χ1) is 11.8. The number of hydrogen-bond donors (Lipinski definition) is 0. The van der Waals surface area contributed by atoms with Gasteiger partial charge in [-0.15, -0.1) is 0 Å². The lowest BCUT2D eigenvalue weighted by atomic mass is 10.1. The molecule has 1 atom stereocenters. The Balaban J connectivity index is 1.73. The molecule has 0 N–H and O–H groups in total. The molecule has 0 radical (unpaired) electrons. The predicted octanol–water partition coefficient (Wildman–Crippen LogP) is 2.35. The van der Waals surface area contributed by atoms with Gasteiger partial charge in [-0.2, -0.15) is 4.98 Å². The Morgan fingerprint density at radius 3 is 2.71 bits per heavy atom. The van der Waals surface area contributed by atoms with Crippen LogP contribution in [0.2, 0.25) is 0 Å². The van der Waals surface area contributed by atoms with E-state index >= 15 is 0 Å². The van der Waals surface area contributed by atoms with E-state index < -0.39 is 0 Å². The molecule has 3 rings (SSSR count). The SMILES string of the molecule is COC[C@H](c1ccccn1)N(C)Cc1nc(-c2ccncc2)no1. The highest BCUT2D eigenvalue weighted by molar-refractivity contribution is 5.52. The molecule has 3 aromatic heterocycles. The molecular weight excluding hydrogens is 306 g/mol. The Kier molecular flexibility index (Phi) is 5.25. The minimum absolute atomic E-state index is 0.00692. The number of aromatic nitrogens is 4. The fourth-order valence-corrected chi connectivity index (χ4v) is 2.43. The molecule has 0 saturated heterocycles. The molecule has 0 aliphatic heterocycles. The third-order valence-electron chi connectivity index (χ3n) is 3.68. The zero-order valence-corrected chi connectivity index (χ0v) is 13.7. The molecule has 0 spiro atoms. The third kappa shape index (κ3) is 3.81. The van der Waals surface area contributed by atoms with E-state index in [-0.39, 0.29) is 6.04 Å². The van der Waals surface area contributed by atoms with Gasteiger partial charge in [0.15, 0.2) is 0 Å². The Labute approximate surface area is 140 Å². The highest BCUT2D eigenvalue weighted by Crippen LogP contribution is 2.20. The van der Waals surface area contributed by atoms with Gasteiger partial charge < -0.3 is 9.26 Å². The zero-order valence-electron chi connectivity index (χ0n) is 13.7. The second kappa shape index (κ2) is 7.76. The quantitative estimate of drug-likeness (QED) is 0.660. The van der Waals surface area contributed by atoms with Crippen molar-refractivity contribution in [1.29, 1.82) is 0 Å². The van der Waals surface area contributed by atoms with E-state index in [9.17, 15) is 0 Å². The molecular formula is C17H19N5O2. The van der Waals surface area contributed by atoms with Crippen LogP contribution in [-0.2, 0) is 11.3 Å². The topological polar surface area (TPSA) is 77.2 Å². The molecule has 0 saturated carbocycles. The van der Waals surface area contributed by atoms with E-state index in [0.717, 1.165) is 11.3 Å². The molecule has 7 nitrogen and oxygen atoms in total. The van der Waals surface area contributed by atoms with Gasteiger partial charge in [-0.3, -0.25) is 14.9 Å². The molecule has 0 bridgehead atoms. The van der Waals surface area contributed by atoms with Gasteiger partial charge in [-0.25, -0.2) is 0 Å². The molecule has 24 heavy (non-hydrogen) atoms. The minimum Gasteiger partial charge on any atom is -0.383 e. The highest BCUT2D eigenvalue weighted by Gasteiger charge is 2.20. The van der Waals surface area contributed by atoms with Gasteiger partial charge in [0.2, 0.25) is 11.7 Å². The van der Waals surface area contributed by atoms with Crippen LogP contribution >= 0.6 is 0 Å². The van der Waals surface area contributed by atoms with Crippen LogP contribution in [0.5, 0.6) is 0 Å². The molecule has 124 valence electrons. The van der Waals surface area contributed by atoms with Gasteiger partial charge in [0.1, 0.15) is 0 Å². The zero-order chi connectivity index (χ0) is 16.8. The summed E-state index contributed by atoms with van der Waals surface area (Å²) in [6.45, 7) is 1.03. The van der Waals surface area contributed by atoms with E-state index in [1.54, 1.807) is 25.7 Å². The largest absolute Gasteiger partial charge is 0.383 e. The fourth-order valence-electron chi connectivity index (χ4n) is 2.43. The normalized spacial score (nSPS) is 12.5. The molecule has 0 amide bonds. The fraction of sp³-hybridized carbons (Fsp3) is 0.294. The molecule has 0 unspecified atom stereocenters. The predicted molar refractivity (Wildman–Crippen MR) is 87.9 cm³/mol. The van der Waals surface area contributed by atoms with Crippen molar-refractivity contribution in [3.63, 3.8) is 0 Å². The number of rotatable bonds is 7. The Morgan fingerprint density at radius 1 is 1.17 bits per heavy atom. The van der Waals surface area contributed by atoms with Crippen molar-refractivity contribution in [2.45, 2.75) is 12.6 Å². The van der Waals surface area contributed by atoms with Crippen LogP contribution in [0.15, 0.2) is 53.4 Å². The van der Waals surface area contributed by atoms with Crippen LogP contribution in [-0.4, -0.2) is 45.8 Å². The van der Waals surface area contributed by atoms with Crippen LogP contribution in [0, 0.1) is 0 Å². The van der Waals surface area contributed by atoms with Crippen molar-refractivity contribution < 1.29 is 9.26 Å². The number of methoxy groups -OCH3 is 1. The maximum Gasteiger partial charge on any atom is 0.241 e. The Hall–Kier alpha value is -2.64. The minimum atomic E-state index is 0.00692. The van der Waals surface area contributed by atoms with Crippen molar-refractivity contribution >= 4 is 0 Å². The number of pyridine rings is 2. The lowest BCUT2D eigenvalue weighted by Crippen LogP contribution is -2.28. The summed E-state index contributed by atoms with van der Waals surface area (Å²) in [7, 11) is 3.66. The van der Waals surface area contributed by atoms with Gasteiger partial charge in [0.05, 0.1) is 24.9 Å². The van der Waals surface area contributed by atoms with E-state index in [4.69, 9.17) is 9.26 Å². The first kappa shape index (κ1) is 16.2. The van der Waals surface area contributed by atoms with Crippen molar-refractivity contribution in [1.82, 2.24) is 25.0 Å². The Morgan fingerprint density at radius 2 is 2.00 bits per heavy atom. The maximum absolute atomic E-state index is 5.37. The maximum atomic E-state index is 5.37. The molecule has 0 aromatic carbocycles. The monoisotopic (exact) mass is 325 g/mol. The summed E-state index contributed by atoms with van der Waals surface area (Å²) in [6.07, 6.45) is 5.18. The number of likely N-dealkylation sites (N-methyl/N-ethyl adjacent to an activating group) is 1. The molecule has 3 aromatic rings. The van der Waals surface area contributed by atoms with E-state index in [0.29, 0.717) is 24.9 Å². The average molecular weight is 325 g/mol. The van der Waals surface area contributed by atoms with Gasteiger partial charge in [-0.05, 0) is 31.3 Å². The lowest BCUT2D eigenvalue weighted by molar-refractivity contribution is 0.0932. The second-order valence-corrected chi connectivity index (χ2v) is 5.39. The van der Waals surface area contributed by atoms with Crippen LogP contribution in [0.25, 0.3) is 11.4 Å².